The Morgan fingerprint density at radius 3 is 2.40 bits per heavy atom. The minimum absolute atomic E-state index is 0.317. The molecule has 0 aromatic heterocycles. The van der Waals surface area contributed by atoms with Crippen molar-refractivity contribution < 1.29 is 27.9 Å². The standard InChI is InChI=1S/C7H10F3NO3S/c1-4(2-6(13)14)11-5(12)3-15-7(8,9)10/h4H,2-3H2,1H3,(H,11,12)(H,13,14). The number of hydrogen-bond acceptors (Lipinski definition) is 3. The van der Waals surface area contributed by atoms with Crippen molar-refractivity contribution in [2.45, 2.75) is 24.9 Å². The molecule has 0 aromatic carbocycles. The summed E-state index contributed by atoms with van der Waals surface area (Å²) < 4.78 is 35.0. The van der Waals surface area contributed by atoms with Crippen molar-refractivity contribution in [3.63, 3.8) is 0 Å². The van der Waals surface area contributed by atoms with Crippen LogP contribution in [0.5, 0.6) is 0 Å². The maximum Gasteiger partial charge on any atom is 0.442 e. The van der Waals surface area contributed by atoms with Crippen LogP contribution < -0.4 is 5.32 Å². The highest BCUT2D eigenvalue weighted by atomic mass is 32.2. The van der Waals surface area contributed by atoms with E-state index >= 15 is 0 Å². The SMILES string of the molecule is CC(CC(=O)O)NC(=O)CSC(F)(F)F. The molecule has 0 rings (SSSR count). The van der Waals surface area contributed by atoms with Gasteiger partial charge in [0.2, 0.25) is 5.91 Å². The highest BCUT2D eigenvalue weighted by molar-refractivity contribution is 8.00. The van der Waals surface area contributed by atoms with Gasteiger partial charge in [0.25, 0.3) is 0 Å². The number of rotatable bonds is 5. The number of nitrogens with one attached hydrogen (secondary N) is 1. The maximum atomic E-state index is 11.7. The molecule has 0 aliphatic heterocycles. The lowest BCUT2D eigenvalue weighted by molar-refractivity contribution is -0.137. The zero-order chi connectivity index (χ0) is 12.1. The molecule has 1 atom stereocenters. The molecule has 0 saturated carbocycles. The molecule has 0 spiro atoms. The highest BCUT2D eigenvalue weighted by Crippen LogP contribution is 2.29. The van der Waals surface area contributed by atoms with E-state index in [0.717, 1.165) is 0 Å². The van der Waals surface area contributed by atoms with E-state index in [9.17, 15) is 22.8 Å². The number of carboxylic acids is 1. The van der Waals surface area contributed by atoms with Gasteiger partial charge in [-0.15, -0.1) is 0 Å². The Bertz CT molecular complexity index is 244. The molecule has 8 heteroatoms. The van der Waals surface area contributed by atoms with Crippen molar-refractivity contribution in [3.05, 3.63) is 0 Å². The quantitative estimate of drug-likeness (QED) is 0.764. The van der Waals surface area contributed by atoms with Gasteiger partial charge in [-0.05, 0) is 18.7 Å². The van der Waals surface area contributed by atoms with Crippen LogP contribution in [0.4, 0.5) is 13.2 Å². The molecular weight excluding hydrogens is 235 g/mol. The van der Waals surface area contributed by atoms with Gasteiger partial charge in [0, 0.05) is 6.04 Å². The maximum absolute atomic E-state index is 11.7. The van der Waals surface area contributed by atoms with E-state index in [1.807, 2.05) is 0 Å². The van der Waals surface area contributed by atoms with Crippen molar-refractivity contribution in [2.24, 2.45) is 0 Å². The number of thioether (sulfide) groups is 1. The summed E-state index contributed by atoms with van der Waals surface area (Å²) in [6.07, 6.45) is -0.317. The molecular formula is C7H10F3NO3S. The van der Waals surface area contributed by atoms with E-state index in [-0.39, 0.29) is 6.42 Å². The van der Waals surface area contributed by atoms with Crippen LogP contribution >= 0.6 is 11.8 Å². The molecule has 1 amide bonds. The van der Waals surface area contributed by atoms with Crippen LogP contribution in [-0.2, 0) is 9.59 Å². The number of carboxylic acid groups (broad SMARTS) is 1. The molecule has 4 nitrogen and oxygen atoms in total. The zero-order valence-corrected chi connectivity index (χ0v) is 8.61. The lowest BCUT2D eigenvalue weighted by atomic mass is 10.2. The van der Waals surface area contributed by atoms with Crippen LogP contribution in [-0.4, -0.2) is 34.3 Å². The van der Waals surface area contributed by atoms with E-state index in [1.54, 1.807) is 0 Å². The molecule has 0 aromatic rings. The first kappa shape index (κ1) is 14.1. The second-order valence-corrected chi connectivity index (χ2v) is 3.84. The Kier molecular flexibility index (Phi) is 5.48. The smallest absolute Gasteiger partial charge is 0.442 e. The summed E-state index contributed by atoms with van der Waals surface area (Å²) in [5, 5.41) is 10.5. The lowest BCUT2D eigenvalue weighted by Crippen LogP contribution is -2.35. The molecule has 0 heterocycles. The Hall–Kier alpha value is -0.920. The fraction of sp³-hybridized carbons (Fsp3) is 0.714. The van der Waals surface area contributed by atoms with Gasteiger partial charge in [-0.25, -0.2) is 0 Å². The minimum atomic E-state index is -4.45. The minimum Gasteiger partial charge on any atom is -0.481 e. The van der Waals surface area contributed by atoms with Crippen LogP contribution in [0.1, 0.15) is 13.3 Å². The molecule has 1 unspecified atom stereocenters. The van der Waals surface area contributed by atoms with Crippen molar-refractivity contribution in [3.8, 4) is 0 Å². The lowest BCUT2D eigenvalue weighted by Gasteiger charge is -2.11. The number of aliphatic carboxylic acids is 1. The van der Waals surface area contributed by atoms with Crippen LogP contribution in [0.2, 0.25) is 0 Å². The summed E-state index contributed by atoms with van der Waals surface area (Å²) in [7, 11) is 0. The third-order valence-electron chi connectivity index (χ3n) is 1.26. The second-order valence-electron chi connectivity index (χ2n) is 2.80. The summed E-state index contributed by atoms with van der Waals surface area (Å²) in [5.41, 5.74) is -4.45. The van der Waals surface area contributed by atoms with Crippen LogP contribution in [0.15, 0.2) is 0 Å². The van der Waals surface area contributed by atoms with Gasteiger partial charge in [0.15, 0.2) is 0 Å². The van der Waals surface area contributed by atoms with Gasteiger partial charge in [0.05, 0.1) is 12.2 Å². The Labute approximate surface area is 88.2 Å². The number of hydrogen-bond donors (Lipinski definition) is 2. The molecule has 88 valence electrons. The molecule has 0 aliphatic rings. The molecule has 0 fully saturated rings. The number of alkyl halides is 3. The van der Waals surface area contributed by atoms with Gasteiger partial charge < -0.3 is 10.4 Å². The Balaban J connectivity index is 3.79. The Morgan fingerprint density at radius 2 is 2.00 bits per heavy atom. The van der Waals surface area contributed by atoms with Gasteiger partial charge in [0.1, 0.15) is 0 Å². The zero-order valence-electron chi connectivity index (χ0n) is 7.80. The van der Waals surface area contributed by atoms with Gasteiger partial charge >= 0.3 is 11.5 Å². The highest BCUT2D eigenvalue weighted by Gasteiger charge is 2.29. The van der Waals surface area contributed by atoms with Crippen LogP contribution in [0, 0.1) is 0 Å². The largest absolute Gasteiger partial charge is 0.481 e. The van der Waals surface area contributed by atoms with E-state index in [1.165, 1.54) is 6.92 Å². The van der Waals surface area contributed by atoms with Crippen molar-refractivity contribution >= 4 is 23.6 Å². The molecule has 2 N–H and O–H groups in total. The summed E-state index contributed by atoms with van der Waals surface area (Å²) in [4.78, 5) is 21.0. The first-order valence-electron chi connectivity index (χ1n) is 3.92. The van der Waals surface area contributed by atoms with E-state index in [4.69, 9.17) is 5.11 Å². The fourth-order valence-corrected chi connectivity index (χ4v) is 1.15. The second kappa shape index (κ2) is 5.84. The molecule has 0 saturated heterocycles. The average molecular weight is 245 g/mol. The third-order valence-corrected chi connectivity index (χ3v) is 1.99. The predicted octanol–water partition coefficient (Wildman–Crippen LogP) is 1.22. The monoisotopic (exact) mass is 245 g/mol. The van der Waals surface area contributed by atoms with E-state index in [2.05, 4.69) is 5.32 Å². The third kappa shape index (κ3) is 9.39. The van der Waals surface area contributed by atoms with Crippen molar-refractivity contribution in [1.29, 1.82) is 0 Å². The summed E-state index contributed by atoms with van der Waals surface area (Å²) in [6, 6.07) is -0.677. The molecule has 15 heavy (non-hydrogen) atoms. The van der Waals surface area contributed by atoms with E-state index < -0.39 is 40.9 Å². The summed E-state index contributed by atoms with van der Waals surface area (Å²) in [6.45, 7) is 1.41. The number of carbonyl (C=O) groups excluding carboxylic acids is 1. The van der Waals surface area contributed by atoms with Crippen molar-refractivity contribution in [2.75, 3.05) is 5.75 Å². The number of carbonyl (C=O) groups is 2. The molecule has 0 bridgehead atoms. The fourth-order valence-electron chi connectivity index (χ4n) is 0.777. The Morgan fingerprint density at radius 1 is 1.47 bits per heavy atom. The van der Waals surface area contributed by atoms with E-state index in [0.29, 0.717) is 0 Å². The molecule has 0 aliphatic carbocycles. The average Bonchev–Trinajstić information content (AvgIpc) is 1.97. The predicted molar refractivity (Wildman–Crippen MR) is 48.4 cm³/mol. The van der Waals surface area contributed by atoms with Crippen molar-refractivity contribution in [1.82, 2.24) is 5.32 Å². The normalized spacial score (nSPS) is 13.3. The molecule has 0 radical (unpaired) electrons. The summed E-state index contributed by atoms with van der Waals surface area (Å²) >= 11 is -0.457. The number of halogens is 3. The summed E-state index contributed by atoms with van der Waals surface area (Å²) in [5.74, 6) is -2.70. The van der Waals surface area contributed by atoms with Crippen LogP contribution in [0.25, 0.3) is 0 Å². The number of amides is 1. The van der Waals surface area contributed by atoms with Gasteiger partial charge in [-0.2, -0.15) is 13.2 Å². The first-order valence-corrected chi connectivity index (χ1v) is 4.91. The first-order chi connectivity index (χ1) is 6.70. The topological polar surface area (TPSA) is 66.4 Å². The van der Waals surface area contributed by atoms with Gasteiger partial charge in [-0.1, -0.05) is 0 Å². The van der Waals surface area contributed by atoms with Crippen LogP contribution in [0.3, 0.4) is 0 Å². The van der Waals surface area contributed by atoms with Gasteiger partial charge in [-0.3, -0.25) is 9.59 Å².